The number of ether oxygens (including phenoxy) is 8. The number of aliphatic hydroxyl groups excluding tert-OH is 2. The third kappa shape index (κ3) is 15.3. The quantitative estimate of drug-likeness (QED) is 0.0987. The number of aromatic nitrogens is 1. The number of fused-ring (bicyclic) bond motifs is 1. The Bertz CT molecular complexity index is 2010. The van der Waals surface area contributed by atoms with Gasteiger partial charge in [-0.05, 0) is 89.9 Å². The molecule has 18 heteroatoms. The summed E-state index contributed by atoms with van der Waals surface area (Å²) in [4.78, 5) is 59.9. The van der Waals surface area contributed by atoms with Crippen molar-refractivity contribution in [1.29, 1.82) is 0 Å². The van der Waals surface area contributed by atoms with Crippen molar-refractivity contribution in [2.75, 3.05) is 47.9 Å². The van der Waals surface area contributed by atoms with Crippen molar-refractivity contribution in [2.45, 2.75) is 172 Å². The van der Waals surface area contributed by atoms with Gasteiger partial charge in [-0.2, -0.15) is 0 Å². The zero-order valence-electron chi connectivity index (χ0n) is 42.7. The smallest absolute Gasteiger partial charge is 0.309 e. The summed E-state index contributed by atoms with van der Waals surface area (Å²) in [6.45, 7) is 11.1. The number of benzene rings is 1. The van der Waals surface area contributed by atoms with Crippen LogP contribution in [-0.4, -0.2) is 181 Å². The average Bonchev–Trinajstić information content (AvgIpc) is 3.30. The summed E-state index contributed by atoms with van der Waals surface area (Å²) in [5.74, 6) is -2.90. The molecular weight excluding hydrogens is 907 g/mol. The van der Waals surface area contributed by atoms with E-state index < -0.39 is 115 Å². The van der Waals surface area contributed by atoms with E-state index in [1.165, 1.54) is 7.11 Å². The van der Waals surface area contributed by atoms with Gasteiger partial charge in [0.15, 0.2) is 18.7 Å². The Hall–Kier alpha value is -3.95. The number of β-amino-alcohol motifs (C(OH)–C–C–N with tert-alkyl or cyclic N) is 1. The lowest BCUT2D eigenvalue weighted by molar-refractivity contribution is -0.344. The fraction of sp³-hybridized carbons (Fsp3) is 0.712. The highest BCUT2D eigenvalue weighted by Gasteiger charge is 2.53. The molecule has 1 aromatic heterocycles. The standard InChI is InChI=1S/C52H79N3O15/c1-11-41(58)67-40-25-43(60)64-23-21-34(16-15-18-37-28-53-27-36-17-13-14-19-38(36)37)29-55(9)30-39(57)31(3)24-35(20-22-56)48(49(40)63-10)70-51-46(61)45(54(7)8)47(32(4)66-51)69-44-26-52(6,62)50(33(5)65-44)68-42(59)12-2/h13-17,19,22,27-28,31-35,39-40,44-51,57,61-62H,11-12,18,20-21,23-26,29-30H2,1-10H3/t31-,32?,33?,34?,35+,39+,40-,44+,45?,46?,47-,48+,49+,50+,51+,52?/m1/s1. The largest absolute Gasteiger partial charge is 0.466 e. The van der Waals surface area contributed by atoms with Crippen molar-refractivity contribution in [3.63, 3.8) is 0 Å². The maximum atomic E-state index is 13.8. The number of pyridine rings is 1. The van der Waals surface area contributed by atoms with Gasteiger partial charge < -0.3 is 67.8 Å². The number of nitrogens with zero attached hydrogens (tertiary/aromatic N) is 3. The lowest BCUT2D eigenvalue weighted by atomic mass is 9.82. The van der Waals surface area contributed by atoms with E-state index in [1.807, 2.05) is 49.5 Å². The zero-order valence-corrected chi connectivity index (χ0v) is 42.7. The van der Waals surface area contributed by atoms with Crippen LogP contribution in [-0.2, 0) is 63.5 Å². The molecule has 3 fully saturated rings. The van der Waals surface area contributed by atoms with E-state index in [0.29, 0.717) is 25.9 Å². The Morgan fingerprint density at radius 1 is 0.971 bits per heavy atom. The van der Waals surface area contributed by atoms with Crippen LogP contribution in [0.1, 0.15) is 92.1 Å². The summed E-state index contributed by atoms with van der Waals surface area (Å²) < 4.78 is 49.3. The Kier molecular flexibility index (Phi) is 21.7. The maximum Gasteiger partial charge on any atom is 0.309 e. The third-order valence-electron chi connectivity index (χ3n) is 13.9. The van der Waals surface area contributed by atoms with E-state index in [4.69, 9.17) is 37.9 Å². The van der Waals surface area contributed by atoms with E-state index in [-0.39, 0.29) is 44.6 Å². The van der Waals surface area contributed by atoms with E-state index in [0.717, 1.165) is 22.6 Å². The van der Waals surface area contributed by atoms with Crippen LogP contribution in [0.25, 0.3) is 10.8 Å². The van der Waals surface area contributed by atoms with Gasteiger partial charge in [-0.15, -0.1) is 0 Å². The van der Waals surface area contributed by atoms with Gasteiger partial charge in [-0.25, -0.2) is 0 Å². The van der Waals surface area contributed by atoms with Gasteiger partial charge >= 0.3 is 17.9 Å². The van der Waals surface area contributed by atoms with E-state index >= 15 is 0 Å². The van der Waals surface area contributed by atoms with Gasteiger partial charge in [0.05, 0.1) is 43.5 Å². The molecule has 4 heterocycles. The first-order valence-corrected chi connectivity index (χ1v) is 24.8. The molecule has 3 aliphatic heterocycles. The first-order chi connectivity index (χ1) is 33.3. The fourth-order valence-corrected chi connectivity index (χ4v) is 10.1. The number of aldehydes is 1. The fourth-order valence-electron chi connectivity index (χ4n) is 10.1. The second-order valence-electron chi connectivity index (χ2n) is 19.8. The number of allylic oxidation sites excluding steroid dienone is 1. The minimum absolute atomic E-state index is 0.0117. The van der Waals surface area contributed by atoms with Crippen molar-refractivity contribution < 1.29 is 72.4 Å². The number of carbonyl (C=O) groups excluding carboxylic acids is 4. The molecule has 70 heavy (non-hydrogen) atoms. The van der Waals surface area contributed by atoms with Crippen molar-refractivity contribution in [3.05, 3.63) is 54.4 Å². The minimum atomic E-state index is -1.50. The average molecular weight is 986 g/mol. The second-order valence-corrected chi connectivity index (χ2v) is 19.8. The highest BCUT2D eigenvalue weighted by atomic mass is 16.7. The predicted octanol–water partition coefficient (Wildman–Crippen LogP) is 4.16. The lowest BCUT2D eigenvalue weighted by Crippen LogP contribution is -2.66. The molecule has 1 aromatic carbocycles. The van der Waals surface area contributed by atoms with E-state index in [9.17, 15) is 34.5 Å². The maximum absolute atomic E-state index is 13.8. The number of cyclic esters (lactones) is 1. The van der Waals surface area contributed by atoms with Crippen molar-refractivity contribution >= 4 is 35.0 Å². The van der Waals surface area contributed by atoms with Crippen LogP contribution in [0.5, 0.6) is 0 Å². The summed E-state index contributed by atoms with van der Waals surface area (Å²) >= 11 is 0. The van der Waals surface area contributed by atoms with Crippen LogP contribution in [0.3, 0.4) is 0 Å². The van der Waals surface area contributed by atoms with Crippen LogP contribution >= 0.6 is 0 Å². The van der Waals surface area contributed by atoms with Crippen LogP contribution in [0.2, 0.25) is 0 Å². The van der Waals surface area contributed by atoms with Crippen molar-refractivity contribution in [1.82, 2.24) is 14.8 Å². The molecule has 392 valence electrons. The lowest BCUT2D eigenvalue weighted by Gasteiger charge is -2.50. The summed E-state index contributed by atoms with van der Waals surface area (Å²) in [5, 5.41) is 37.6. The SMILES string of the molecule is CCC(=O)O[C@@H]1CC(=O)OCCC(C=CCc2cncc3ccccc23)CN(C)C[C@H](O)[C@H](C)C[C@H](CC=O)[C@H](O[C@@H]2OC(C)[C@@H](O[C@H]3CC(C)(O)[C@@H](OC(=O)CC)C(C)O3)C(N(C)C)C2O)[C@H]1OC. The Balaban J connectivity index is 1.41. The van der Waals surface area contributed by atoms with Crippen molar-refractivity contribution in [3.8, 4) is 0 Å². The topological polar surface area (TPSA) is 222 Å². The van der Waals surface area contributed by atoms with Gasteiger partial charge in [-0.3, -0.25) is 19.4 Å². The number of esters is 3. The molecule has 3 N–H and O–H groups in total. The molecule has 6 unspecified atom stereocenters. The van der Waals surface area contributed by atoms with Gasteiger partial charge in [-0.1, -0.05) is 57.2 Å². The van der Waals surface area contributed by atoms with Crippen LogP contribution in [0.4, 0.5) is 0 Å². The van der Waals surface area contributed by atoms with E-state index in [2.05, 4.69) is 23.2 Å². The van der Waals surface area contributed by atoms with Crippen molar-refractivity contribution in [2.24, 2.45) is 17.8 Å². The highest BCUT2D eigenvalue weighted by molar-refractivity contribution is 5.84. The number of hydrogen-bond acceptors (Lipinski definition) is 18. The second kappa shape index (κ2) is 26.7. The monoisotopic (exact) mass is 986 g/mol. The Morgan fingerprint density at radius 2 is 1.69 bits per heavy atom. The molecule has 16 atom stereocenters. The Labute approximate surface area is 413 Å². The van der Waals surface area contributed by atoms with Crippen LogP contribution in [0, 0.1) is 17.8 Å². The molecule has 0 bridgehead atoms. The van der Waals surface area contributed by atoms with Gasteiger partial charge in [0.25, 0.3) is 0 Å². The van der Waals surface area contributed by atoms with Gasteiger partial charge in [0.1, 0.15) is 36.3 Å². The zero-order chi connectivity index (χ0) is 51.3. The molecule has 3 saturated heterocycles. The molecular formula is C52H79N3O15. The first-order valence-electron chi connectivity index (χ1n) is 24.8. The molecule has 0 spiro atoms. The molecule has 0 saturated carbocycles. The third-order valence-corrected chi connectivity index (χ3v) is 13.9. The number of hydrogen-bond donors (Lipinski definition) is 3. The summed E-state index contributed by atoms with van der Waals surface area (Å²) in [6, 6.07) is 7.29. The minimum Gasteiger partial charge on any atom is -0.466 e. The molecule has 0 aliphatic carbocycles. The molecule has 5 rings (SSSR count). The summed E-state index contributed by atoms with van der Waals surface area (Å²) in [7, 11) is 6.82. The highest BCUT2D eigenvalue weighted by Crippen LogP contribution is 2.38. The number of aliphatic hydroxyl groups is 3. The number of carbonyl (C=O) groups is 4. The summed E-state index contributed by atoms with van der Waals surface area (Å²) in [6.07, 6.45) is -1.93. The molecule has 2 aromatic rings. The number of rotatable bonds is 15. The number of likely N-dealkylation sites (N-methyl/N-ethyl adjacent to an activating group) is 2. The van der Waals surface area contributed by atoms with Gasteiger partial charge in [0, 0.05) is 63.7 Å². The molecule has 18 nitrogen and oxygen atoms in total. The Morgan fingerprint density at radius 3 is 2.36 bits per heavy atom. The normalized spacial score (nSPS) is 35.6. The van der Waals surface area contributed by atoms with Crippen LogP contribution in [0.15, 0.2) is 48.8 Å². The van der Waals surface area contributed by atoms with Crippen LogP contribution < -0.4 is 0 Å². The molecule has 0 radical (unpaired) electrons. The predicted molar refractivity (Wildman–Crippen MR) is 258 cm³/mol. The van der Waals surface area contributed by atoms with Gasteiger partial charge in [0.2, 0.25) is 0 Å². The molecule has 3 aliphatic rings. The first kappa shape index (κ1) is 57.0. The summed E-state index contributed by atoms with van der Waals surface area (Å²) in [5.41, 5.74) is -0.421. The molecule has 0 amide bonds. The van der Waals surface area contributed by atoms with E-state index in [1.54, 1.807) is 53.6 Å². The number of methoxy groups -OCH3 is 1.